The molecule has 7 nitrogen and oxygen atoms in total. The number of halogens is 2. The van der Waals surface area contributed by atoms with Crippen LogP contribution in [-0.2, 0) is 4.74 Å². The predicted molar refractivity (Wildman–Crippen MR) is 98.4 cm³/mol. The highest BCUT2D eigenvalue weighted by molar-refractivity contribution is 6.43. The van der Waals surface area contributed by atoms with E-state index in [1.807, 2.05) is 0 Å². The van der Waals surface area contributed by atoms with Gasteiger partial charge in [-0.25, -0.2) is 9.48 Å². The molecule has 0 amide bonds. The van der Waals surface area contributed by atoms with Crippen molar-refractivity contribution in [2.24, 2.45) is 10.2 Å². The minimum absolute atomic E-state index is 0.122. The number of hydrogen-bond donors (Lipinski definition) is 1. The second-order valence-electron chi connectivity index (χ2n) is 5.08. The number of carbonyl (C=O) groups is 1. The molecule has 0 aliphatic rings. The molecule has 1 N–H and O–H groups in total. The number of benzene rings is 2. The highest BCUT2D eigenvalue weighted by atomic mass is 35.5. The van der Waals surface area contributed by atoms with Gasteiger partial charge in [0.15, 0.2) is 11.4 Å². The lowest BCUT2D eigenvalue weighted by Gasteiger charge is -2.00. The van der Waals surface area contributed by atoms with Gasteiger partial charge in [-0.15, -0.1) is 10.2 Å². The van der Waals surface area contributed by atoms with Gasteiger partial charge in [-0.05, 0) is 24.3 Å². The fourth-order valence-corrected chi connectivity index (χ4v) is 2.53. The van der Waals surface area contributed by atoms with Crippen molar-refractivity contribution in [2.75, 3.05) is 7.11 Å². The van der Waals surface area contributed by atoms with Gasteiger partial charge in [0.25, 0.3) is 5.56 Å². The van der Waals surface area contributed by atoms with Gasteiger partial charge < -0.3 is 4.74 Å². The van der Waals surface area contributed by atoms with Crippen LogP contribution in [0.1, 0.15) is 10.5 Å². The van der Waals surface area contributed by atoms with E-state index in [1.165, 1.54) is 11.8 Å². The fourth-order valence-electron chi connectivity index (χ4n) is 2.20. The molecule has 1 aromatic heterocycles. The number of ether oxygens (including phenoxy) is 1. The van der Waals surface area contributed by atoms with E-state index in [0.717, 1.165) is 0 Å². The Morgan fingerprint density at radius 2 is 1.81 bits per heavy atom. The molecule has 0 aliphatic heterocycles. The van der Waals surface area contributed by atoms with Gasteiger partial charge in [0.2, 0.25) is 0 Å². The number of esters is 1. The molecule has 3 aromatic rings. The van der Waals surface area contributed by atoms with Crippen LogP contribution < -0.4 is 5.56 Å². The summed E-state index contributed by atoms with van der Waals surface area (Å²) in [5.41, 5.74) is -0.0785. The van der Waals surface area contributed by atoms with Crippen LogP contribution in [0.2, 0.25) is 10.0 Å². The van der Waals surface area contributed by atoms with Crippen LogP contribution in [0.3, 0.4) is 0 Å². The van der Waals surface area contributed by atoms with E-state index in [4.69, 9.17) is 27.9 Å². The average Bonchev–Trinajstić information content (AvgIpc) is 2.99. The summed E-state index contributed by atoms with van der Waals surface area (Å²) in [6, 6.07) is 13.5. The fraction of sp³-hybridized carbons (Fsp3) is 0.0588. The molecule has 0 saturated carbocycles. The van der Waals surface area contributed by atoms with E-state index in [2.05, 4.69) is 15.3 Å². The number of aromatic amines is 1. The summed E-state index contributed by atoms with van der Waals surface area (Å²) >= 11 is 12.0. The number of nitrogens with zero attached hydrogens (tertiary/aromatic N) is 3. The van der Waals surface area contributed by atoms with Crippen molar-refractivity contribution in [3.63, 3.8) is 0 Å². The minimum Gasteiger partial charge on any atom is -0.464 e. The molecular weight excluding hydrogens is 379 g/mol. The number of rotatable bonds is 4. The lowest BCUT2D eigenvalue weighted by molar-refractivity contribution is 0.0594. The Labute approximate surface area is 157 Å². The Morgan fingerprint density at radius 1 is 1.08 bits per heavy atom. The number of azo groups is 1. The summed E-state index contributed by atoms with van der Waals surface area (Å²) in [7, 11) is 1.20. The van der Waals surface area contributed by atoms with Gasteiger partial charge in [0.05, 0.1) is 22.8 Å². The number of H-pyrrole nitrogens is 1. The standard InChI is InChI=1S/C17H12Cl2N4O3/c1-26-17(25)15-14(21-20-12-9-5-8-11(18)13(12)19)16(24)23(22-15)10-6-3-2-4-7-10/h2-9,22H,1H3. The van der Waals surface area contributed by atoms with Gasteiger partial charge >= 0.3 is 5.97 Å². The average molecular weight is 391 g/mol. The third kappa shape index (κ3) is 3.40. The molecule has 2 aromatic carbocycles. The minimum atomic E-state index is -0.747. The normalized spacial score (nSPS) is 11.0. The van der Waals surface area contributed by atoms with Crippen LogP contribution in [0.15, 0.2) is 63.6 Å². The maximum absolute atomic E-state index is 12.7. The molecule has 9 heteroatoms. The Morgan fingerprint density at radius 3 is 2.50 bits per heavy atom. The predicted octanol–water partition coefficient (Wildman–Crippen LogP) is 4.67. The highest BCUT2D eigenvalue weighted by Gasteiger charge is 2.22. The first kappa shape index (κ1) is 17.9. The van der Waals surface area contributed by atoms with Crippen molar-refractivity contribution in [3.8, 4) is 5.69 Å². The first-order chi connectivity index (χ1) is 12.5. The number of nitrogens with one attached hydrogen (secondary N) is 1. The lowest BCUT2D eigenvalue weighted by Crippen LogP contribution is -2.13. The molecular formula is C17H12Cl2N4O3. The van der Waals surface area contributed by atoms with Gasteiger partial charge in [-0.2, -0.15) is 0 Å². The molecule has 0 unspecified atom stereocenters. The van der Waals surface area contributed by atoms with E-state index in [0.29, 0.717) is 10.7 Å². The van der Waals surface area contributed by atoms with Crippen LogP contribution in [-0.4, -0.2) is 22.9 Å². The first-order valence-corrected chi connectivity index (χ1v) is 8.13. The number of hydrogen-bond acceptors (Lipinski definition) is 5. The number of para-hydroxylation sites is 1. The summed E-state index contributed by atoms with van der Waals surface area (Å²) in [5, 5.41) is 11.0. The third-order valence-corrected chi connectivity index (χ3v) is 4.27. The summed E-state index contributed by atoms with van der Waals surface area (Å²) in [6.45, 7) is 0. The second-order valence-corrected chi connectivity index (χ2v) is 5.86. The molecule has 0 saturated heterocycles. The summed E-state index contributed by atoms with van der Waals surface area (Å²) < 4.78 is 5.89. The number of methoxy groups -OCH3 is 1. The Bertz CT molecular complexity index is 1040. The van der Waals surface area contributed by atoms with E-state index in [-0.39, 0.29) is 22.1 Å². The van der Waals surface area contributed by atoms with E-state index < -0.39 is 11.5 Å². The van der Waals surface area contributed by atoms with Crippen molar-refractivity contribution in [3.05, 3.63) is 74.6 Å². The van der Waals surface area contributed by atoms with Crippen molar-refractivity contribution < 1.29 is 9.53 Å². The Kier molecular flexibility index (Phi) is 5.20. The van der Waals surface area contributed by atoms with Gasteiger partial charge in [0, 0.05) is 0 Å². The van der Waals surface area contributed by atoms with Crippen molar-refractivity contribution >= 4 is 40.5 Å². The molecule has 3 rings (SSSR count). The first-order valence-electron chi connectivity index (χ1n) is 7.37. The van der Waals surface area contributed by atoms with Crippen LogP contribution in [0.4, 0.5) is 11.4 Å². The smallest absolute Gasteiger partial charge is 0.358 e. The molecule has 0 atom stereocenters. The summed E-state index contributed by atoms with van der Waals surface area (Å²) in [4.78, 5) is 24.7. The van der Waals surface area contributed by atoms with Crippen molar-refractivity contribution in [1.29, 1.82) is 0 Å². The maximum Gasteiger partial charge on any atom is 0.358 e. The van der Waals surface area contributed by atoms with Crippen LogP contribution >= 0.6 is 23.2 Å². The molecule has 0 radical (unpaired) electrons. The summed E-state index contributed by atoms with van der Waals surface area (Å²) in [6.07, 6.45) is 0. The molecule has 26 heavy (non-hydrogen) atoms. The SMILES string of the molecule is COC(=O)c1[nH]n(-c2ccccc2)c(=O)c1N=Nc1cccc(Cl)c1Cl. The molecule has 0 fully saturated rings. The monoisotopic (exact) mass is 390 g/mol. The zero-order valence-electron chi connectivity index (χ0n) is 13.4. The summed E-state index contributed by atoms with van der Waals surface area (Å²) in [5.74, 6) is -0.747. The van der Waals surface area contributed by atoms with Gasteiger partial charge in [-0.3, -0.25) is 9.89 Å². The van der Waals surface area contributed by atoms with Crippen LogP contribution in [0.5, 0.6) is 0 Å². The largest absolute Gasteiger partial charge is 0.464 e. The molecule has 0 bridgehead atoms. The second kappa shape index (κ2) is 7.55. The molecule has 0 spiro atoms. The van der Waals surface area contributed by atoms with Gasteiger partial charge in [-0.1, -0.05) is 47.5 Å². The van der Waals surface area contributed by atoms with E-state index in [1.54, 1.807) is 48.5 Å². The van der Waals surface area contributed by atoms with Crippen LogP contribution in [0.25, 0.3) is 5.69 Å². The number of carbonyl (C=O) groups excluding carboxylic acids is 1. The lowest BCUT2D eigenvalue weighted by atomic mass is 10.3. The third-order valence-electron chi connectivity index (χ3n) is 3.46. The van der Waals surface area contributed by atoms with Crippen molar-refractivity contribution in [2.45, 2.75) is 0 Å². The van der Waals surface area contributed by atoms with E-state index >= 15 is 0 Å². The zero-order chi connectivity index (χ0) is 18.7. The quantitative estimate of drug-likeness (QED) is 0.518. The number of aromatic nitrogens is 2. The Balaban J connectivity index is 2.12. The molecule has 0 aliphatic carbocycles. The zero-order valence-corrected chi connectivity index (χ0v) is 15.0. The van der Waals surface area contributed by atoms with Crippen molar-refractivity contribution in [1.82, 2.24) is 9.78 Å². The Hall–Kier alpha value is -2.90. The molecule has 132 valence electrons. The van der Waals surface area contributed by atoms with Gasteiger partial charge in [0.1, 0.15) is 5.69 Å². The highest BCUT2D eigenvalue weighted by Crippen LogP contribution is 2.32. The maximum atomic E-state index is 12.7. The molecule has 1 heterocycles. The van der Waals surface area contributed by atoms with Crippen LogP contribution in [0, 0.1) is 0 Å². The van der Waals surface area contributed by atoms with E-state index in [9.17, 15) is 9.59 Å². The topological polar surface area (TPSA) is 88.8 Å².